The Hall–Kier alpha value is -2.90. The summed E-state index contributed by atoms with van der Waals surface area (Å²) in [5.74, 6) is -0.315. The van der Waals surface area contributed by atoms with E-state index in [4.69, 9.17) is 0 Å². The van der Waals surface area contributed by atoms with Crippen molar-refractivity contribution in [1.82, 2.24) is 4.57 Å². The number of carbonyl (C=O) groups excluding carboxylic acids is 1. The molecule has 0 aliphatic heterocycles. The van der Waals surface area contributed by atoms with Gasteiger partial charge in [0.05, 0.1) is 10.6 Å². The van der Waals surface area contributed by atoms with Crippen molar-refractivity contribution in [2.45, 2.75) is 24.1 Å². The van der Waals surface area contributed by atoms with Crippen LogP contribution >= 0.6 is 15.9 Å². The van der Waals surface area contributed by atoms with Gasteiger partial charge in [-0.25, -0.2) is 8.42 Å². The number of nitrogens with zero attached hydrogens (tertiary/aromatic N) is 1. The number of sulfone groups is 1. The molecule has 0 bridgehead atoms. The monoisotopic (exact) mass is 496 g/mol. The molecule has 5 nitrogen and oxygen atoms in total. The molecule has 0 spiro atoms. The number of amides is 1. The molecule has 1 N–H and O–H groups in total. The Labute approximate surface area is 189 Å². The maximum atomic E-state index is 13.2. The second kappa shape index (κ2) is 8.69. The Morgan fingerprint density at radius 1 is 1.00 bits per heavy atom. The van der Waals surface area contributed by atoms with E-state index in [2.05, 4.69) is 21.2 Å². The first-order valence-corrected chi connectivity index (χ1v) is 12.2. The van der Waals surface area contributed by atoms with Gasteiger partial charge < -0.3 is 9.88 Å². The van der Waals surface area contributed by atoms with Crippen molar-refractivity contribution in [3.63, 3.8) is 0 Å². The van der Waals surface area contributed by atoms with E-state index in [0.717, 1.165) is 21.3 Å². The van der Waals surface area contributed by atoms with Gasteiger partial charge in [0.25, 0.3) is 0 Å². The van der Waals surface area contributed by atoms with Crippen LogP contribution in [0, 0.1) is 6.92 Å². The lowest BCUT2D eigenvalue weighted by Crippen LogP contribution is -2.18. The largest absolute Gasteiger partial charge is 0.337 e. The number of aromatic nitrogens is 1. The number of hydrogen-bond donors (Lipinski definition) is 1. The van der Waals surface area contributed by atoms with Gasteiger partial charge in [0.1, 0.15) is 6.54 Å². The zero-order chi connectivity index (χ0) is 22.0. The van der Waals surface area contributed by atoms with Crippen LogP contribution in [-0.2, 0) is 26.9 Å². The molecule has 0 aliphatic rings. The summed E-state index contributed by atoms with van der Waals surface area (Å²) in [6, 6.07) is 22.0. The quantitative estimate of drug-likeness (QED) is 0.392. The molecule has 158 valence electrons. The van der Waals surface area contributed by atoms with Gasteiger partial charge in [-0.05, 0) is 42.3 Å². The summed E-state index contributed by atoms with van der Waals surface area (Å²) in [4.78, 5) is 13.0. The highest BCUT2D eigenvalue weighted by molar-refractivity contribution is 9.10. The molecule has 0 unspecified atom stereocenters. The molecule has 0 saturated carbocycles. The third-order valence-electron chi connectivity index (χ3n) is 5.06. The Morgan fingerprint density at radius 2 is 1.71 bits per heavy atom. The van der Waals surface area contributed by atoms with Crippen molar-refractivity contribution in [1.29, 1.82) is 0 Å². The fourth-order valence-corrected chi connectivity index (χ4v) is 5.63. The van der Waals surface area contributed by atoms with Gasteiger partial charge in [0, 0.05) is 27.3 Å². The summed E-state index contributed by atoms with van der Waals surface area (Å²) >= 11 is 3.41. The SMILES string of the molecule is Cc1cc(Br)ccc1NC(=O)Cn1cc(S(=O)(=O)Cc2ccccc2)c2ccccc21. The van der Waals surface area contributed by atoms with Gasteiger partial charge in [-0.1, -0.05) is 64.5 Å². The summed E-state index contributed by atoms with van der Waals surface area (Å²) in [5.41, 5.74) is 3.09. The normalized spacial score (nSPS) is 11.5. The van der Waals surface area contributed by atoms with Crippen LogP contribution in [0.25, 0.3) is 10.9 Å². The predicted molar refractivity (Wildman–Crippen MR) is 127 cm³/mol. The van der Waals surface area contributed by atoms with Gasteiger partial charge in [-0.2, -0.15) is 0 Å². The molecule has 0 saturated heterocycles. The lowest BCUT2D eigenvalue weighted by atomic mass is 10.2. The Balaban J connectivity index is 1.64. The van der Waals surface area contributed by atoms with E-state index in [9.17, 15) is 13.2 Å². The summed E-state index contributed by atoms with van der Waals surface area (Å²) in [6.07, 6.45) is 1.57. The van der Waals surface area contributed by atoms with Crippen LogP contribution in [0.1, 0.15) is 11.1 Å². The molecule has 31 heavy (non-hydrogen) atoms. The average molecular weight is 497 g/mol. The number of nitrogens with one attached hydrogen (secondary N) is 1. The number of carbonyl (C=O) groups is 1. The molecule has 0 radical (unpaired) electrons. The molecule has 3 aromatic carbocycles. The van der Waals surface area contributed by atoms with Gasteiger partial charge in [-0.15, -0.1) is 0 Å². The van der Waals surface area contributed by atoms with Crippen LogP contribution in [0.5, 0.6) is 0 Å². The average Bonchev–Trinajstić information content (AvgIpc) is 3.10. The second-order valence-electron chi connectivity index (χ2n) is 7.39. The van der Waals surface area contributed by atoms with Gasteiger partial charge in [0.15, 0.2) is 9.84 Å². The fraction of sp³-hybridized carbons (Fsp3) is 0.125. The molecule has 1 aromatic heterocycles. The highest BCUT2D eigenvalue weighted by Crippen LogP contribution is 2.28. The topological polar surface area (TPSA) is 68.2 Å². The Morgan fingerprint density at radius 3 is 2.45 bits per heavy atom. The molecule has 0 aliphatic carbocycles. The van der Waals surface area contributed by atoms with Crippen LogP contribution in [0.2, 0.25) is 0 Å². The number of aryl methyl sites for hydroxylation is 1. The standard InChI is InChI=1S/C24H21BrN2O3S/c1-17-13-19(25)11-12-21(17)26-24(28)15-27-14-23(20-9-5-6-10-22(20)27)31(29,30)16-18-7-3-2-4-8-18/h2-14H,15-16H2,1H3,(H,26,28). The summed E-state index contributed by atoms with van der Waals surface area (Å²) in [6.45, 7) is 1.93. The summed E-state index contributed by atoms with van der Waals surface area (Å²) in [7, 11) is -3.58. The first kappa shape index (κ1) is 21.3. The number of benzene rings is 3. The van der Waals surface area contributed by atoms with Crippen LogP contribution in [-0.4, -0.2) is 18.9 Å². The highest BCUT2D eigenvalue weighted by atomic mass is 79.9. The third-order valence-corrected chi connectivity index (χ3v) is 7.27. The van der Waals surface area contributed by atoms with E-state index in [-0.39, 0.29) is 23.1 Å². The van der Waals surface area contributed by atoms with Crippen LogP contribution in [0.15, 0.2) is 88.4 Å². The smallest absolute Gasteiger partial charge is 0.244 e. The minimum absolute atomic E-state index is 0.0108. The van der Waals surface area contributed by atoms with Crippen molar-refractivity contribution in [2.75, 3.05) is 5.32 Å². The first-order chi connectivity index (χ1) is 14.8. The van der Waals surface area contributed by atoms with E-state index in [1.165, 1.54) is 0 Å². The molecule has 0 fully saturated rings. The molecule has 1 heterocycles. The van der Waals surface area contributed by atoms with E-state index in [1.54, 1.807) is 35.0 Å². The maximum absolute atomic E-state index is 13.2. The van der Waals surface area contributed by atoms with Crippen molar-refractivity contribution < 1.29 is 13.2 Å². The van der Waals surface area contributed by atoms with Crippen molar-refractivity contribution in [3.05, 3.63) is 94.6 Å². The summed E-state index contributed by atoms with van der Waals surface area (Å²) < 4.78 is 29.0. The van der Waals surface area contributed by atoms with Crippen molar-refractivity contribution in [3.8, 4) is 0 Å². The van der Waals surface area contributed by atoms with E-state index in [1.807, 2.05) is 55.5 Å². The number of halogens is 1. The zero-order valence-electron chi connectivity index (χ0n) is 16.9. The number of rotatable bonds is 6. The fourth-order valence-electron chi connectivity index (χ4n) is 3.57. The lowest BCUT2D eigenvalue weighted by molar-refractivity contribution is -0.116. The van der Waals surface area contributed by atoms with E-state index < -0.39 is 9.84 Å². The van der Waals surface area contributed by atoms with E-state index in [0.29, 0.717) is 10.9 Å². The number of hydrogen-bond acceptors (Lipinski definition) is 3. The second-order valence-corrected chi connectivity index (χ2v) is 10.3. The minimum atomic E-state index is -3.58. The maximum Gasteiger partial charge on any atom is 0.244 e. The van der Waals surface area contributed by atoms with Crippen molar-refractivity contribution in [2.24, 2.45) is 0 Å². The highest BCUT2D eigenvalue weighted by Gasteiger charge is 2.22. The molecular formula is C24H21BrN2O3S. The van der Waals surface area contributed by atoms with Crippen molar-refractivity contribution >= 4 is 48.3 Å². The zero-order valence-corrected chi connectivity index (χ0v) is 19.3. The predicted octanol–water partition coefficient (Wildman–Crippen LogP) is 5.32. The minimum Gasteiger partial charge on any atom is -0.337 e. The Bertz CT molecular complexity index is 1360. The third kappa shape index (κ3) is 4.73. The molecule has 4 aromatic rings. The molecule has 1 amide bonds. The number of anilines is 1. The molecular weight excluding hydrogens is 476 g/mol. The van der Waals surface area contributed by atoms with Crippen LogP contribution in [0.3, 0.4) is 0 Å². The molecule has 4 rings (SSSR count). The summed E-state index contributed by atoms with van der Waals surface area (Å²) in [5, 5.41) is 3.53. The molecule has 7 heteroatoms. The van der Waals surface area contributed by atoms with Crippen LogP contribution in [0.4, 0.5) is 5.69 Å². The number of fused-ring (bicyclic) bond motifs is 1. The number of para-hydroxylation sites is 1. The molecule has 0 atom stereocenters. The van der Waals surface area contributed by atoms with Gasteiger partial charge >= 0.3 is 0 Å². The van der Waals surface area contributed by atoms with E-state index >= 15 is 0 Å². The lowest BCUT2D eigenvalue weighted by Gasteiger charge is -2.10. The Kier molecular flexibility index (Phi) is 5.98. The van der Waals surface area contributed by atoms with Gasteiger partial charge in [-0.3, -0.25) is 4.79 Å². The van der Waals surface area contributed by atoms with Gasteiger partial charge in [0.2, 0.25) is 5.91 Å². The van der Waals surface area contributed by atoms with Crippen LogP contribution < -0.4 is 5.32 Å². The first-order valence-electron chi connectivity index (χ1n) is 9.74.